The van der Waals surface area contributed by atoms with Gasteiger partial charge >= 0.3 is 0 Å². The van der Waals surface area contributed by atoms with E-state index in [2.05, 4.69) is 33.2 Å². The number of hydrogen-bond donors (Lipinski definition) is 3. The Morgan fingerprint density at radius 1 is 1.12 bits per heavy atom. The second-order valence-electron chi connectivity index (χ2n) is 7.43. The van der Waals surface area contributed by atoms with E-state index >= 15 is 0 Å². The van der Waals surface area contributed by atoms with Crippen LogP contribution in [0.5, 0.6) is 0 Å². The molecule has 0 aliphatic heterocycles. The highest BCUT2D eigenvalue weighted by Crippen LogP contribution is 2.42. The predicted molar refractivity (Wildman–Crippen MR) is 98.1 cm³/mol. The molecule has 0 saturated heterocycles. The third-order valence-electron chi connectivity index (χ3n) is 5.84. The zero-order valence-corrected chi connectivity index (χ0v) is 14.2. The van der Waals surface area contributed by atoms with Crippen LogP contribution in [0.25, 0.3) is 22.2 Å². The van der Waals surface area contributed by atoms with Gasteiger partial charge < -0.3 is 15.8 Å². The molecule has 1 aromatic carbocycles. The Hall–Kier alpha value is -2.40. The van der Waals surface area contributed by atoms with E-state index in [4.69, 9.17) is 5.73 Å². The van der Waals surface area contributed by atoms with Gasteiger partial charge in [0.1, 0.15) is 0 Å². The first-order valence-corrected chi connectivity index (χ1v) is 9.13. The molecule has 1 saturated carbocycles. The highest BCUT2D eigenvalue weighted by atomic mass is 16.3. The molecule has 2 aliphatic rings. The Kier molecular flexibility index (Phi) is 3.16. The van der Waals surface area contributed by atoms with E-state index in [0.717, 1.165) is 78.2 Å². The number of rotatable bonds is 1. The summed E-state index contributed by atoms with van der Waals surface area (Å²) in [5, 5.41) is 12.1. The molecule has 2 heterocycles. The Labute approximate surface area is 146 Å². The van der Waals surface area contributed by atoms with Gasteiger partial charge in [0.05, 0.1) is 11.3 Å². The lowest BCUT2D eigenvalue weighted by molar-refractivity contribution is 0.0446. The van der Waals surface area contributed by atoms with Gasteiger partial charge in [0.15, 0.2) is 0 Å². The van der Waals surface area contributed by atoms with E-state index in [1.54, 1.807) is 0 Å². The number of H-pyrrole nitrogens is 1. The fraction of sp³-hybridized carbons (Fsp3) is 0.400. The van der Waals surface area contributed by atoms with Gasteiger partial charge in [-0.3, -0.25) is 0 Å². The van der Waals surface area contributed by atoms with Crippen LogP contribution in [0.3, 0.4) is 0 Å². The predicted octanol–water partition coefficient (Wildman–Crippen LogP) is 3.46. The minimum Gasteiger partial charge on any atom is -0.385 e. The van der Waals surface area contributed by atoms with Gasteiger partial charge in [-0.15, -0.1) is 0 Å². The molecule has 0 spiro atoms. The fourth-order valence-electron chi connectivity index (χ4n) is 4.52. The number of hydrogen-bond acceptors (Lipinski definition) is 4. The molecule has 3 aromatic rings. The minimum atomic E-state index is -0.684. The van der Waals surface area contributed by atoms with Gasteiger partial charge in [-0.25, -0.2) is 9.97 Å². The SMILES string of the molecule is Nc1ncc2c(n1)-c1c([nH]c3ccc(C4(O)CCCC4)cc13)CCC2. The Balaban J connectivity index is 1.77. The summed E-state index contributed by atoms with van der Waals surface area (Å²) in [6.45, 7) is 0. The largest absolute Gasteiger partial charge is 0.385 e. The van der Waals surface area contributed by atoms with Crippen LogP contribution >= 0.6 is 0 Å². The molecule has 0 bridgehead atoms. The number of benzene rings is 1. The monoisotopic (exact) mass is 334 g/mol. The molecule has 5 rings (SSSR count). The summed E-state index contributed by atoms with van der Waals surface area (Å²) >= 11 is 0. The van der Waals surface area contributed by atoms with Crippen molar-refractivity contribution in [2.24, 2.45) is 0 Å². The summed E-state index contributed by atoms with van der Waals surface area (Å²) in [6, 6.07) is 6.32. The van der Waals surface area contributed by atoms with E-state index in [1.807, 2.05) is 6.20 Å². The maximum absolute atomic E-state index is 11.0. The molecular formula is C20H22N4O. The van der Waals surface area contributed by atoms with Crippen molar-refractivity contribution in [2.45, 2.75) is 50.5 Å². The van der Waals surface area contributed by atoms with Crippen LogP contribution in [0.15, 0.2) is 24.4 Å². The Morgan fingerprint density at radius 3 is 2.80 bits per heavy atom. The van der Waals surface area contributed by atoms with Crippen molar-refractivity contribution in [1.29, 1.82) is 0 Å². The molecule has 128 valence electrons. The van der Waals surface area contributed by atoms with Gasteiger partial charge in [0.2, 0.25) is 5.95 Å². The third kappa shape index (κ3) is 2.26. The number of aliphatic hydroxyl groups is 1. The summed E-state index contributed by atoms with van der Waals surface area (Å²) in [5.41, 5.74) is 11.8. The zero-order chi connectivity index (χ0) is 17.0. The van der Waals surface area contributed by atoms with Crippen molar-refractivity contribution in [3.8, 4) is 11.3 Å². The Bertz CT molecular complexity index is 969. The first-order chi connectivity index (χ1) is 12.1. The molecule has 0 unspecified atom stereocenters. The van der Waals surface area contributed by atoms with Crippen molar-refractivity contribution in [3.63, 3.8) is 0 Å². The number of nitrogen functional groups attached to an aromatic ring is 1. The molecule has 0 atom stereocenters. The number of anilines is 1. The molecule has 5 nitrogen and oxygen atoms in total. The van der Waals surface area contributed by atoms with Crippen molar-refractivity contribution < 1.29 is 5.11 Å². The molecular weight excluding hydrogens is 312 g/mol. The topological polar surface area (TPSA) is 87.8 Å². The normalized spacial score (nSPS) is 18.8. The number of aromatic amines is 1. The van der Waals surface area contributed by atoms with Gasteiger partial charge in [-0.1, -0.05) is 18.9 Å². The van der Waals surface area contributed by atoms with Crippen molar-refractivity contribution in [1.82, 2.24) is 15.0 Å². The van der Waals surface area contributed by atoms with Gasteiger partial charge in [0, 0.05) is 28.4 Å². The van der Waals surface area contributed by atoms with E-state index < -0.39 is 5.60 Å². The second kappa shape index (κ2) is 5.30. The first-order valence-electron chi connectivity index (χ1n) is 9.13. The van der Waals surface area contributed by atoms with Crippen LogP contribution in [-0.4, -0.2) is 20.1 Å². The molecule has 1 fully saturated rings. The number of nitrogens with zero attached hydrogens (tertiary/aromatic N) is 2. The molecule has 2 aromatic heterocycles. The molecule has 0 amide bonds. The lowest BCUT2D eigenvalue weighted by Gasteiger charge is -2.22. The van der Waals surface area contributed by atoms with Gasteiger partial charge in [-0.2, -0.15) is 0 Å². The summed E-state index contributed by atoms with van der Waals surface area (Å²) in [5.74, 6) is 0.312. The van der Waals surface area contributed by atoms with E-state index in [-0.39, 0.29) is 0 Å². The summed E-state index contributed by atoms with van der Waals surface area (Å²) < 4.78 is 0. The highest BCUT2D eigenvalue weighted by Gasteiger charge is 2.33. The lowest BCUT2D eigenvalue weighted by Crippen LogP contribution is -2.20. The Morgan fingerprint density at radius 2 is 1.96 bits per heavy atom. The summed E-state index contributed by atoms with van der Waals surface area (Å²) in [7, 11) is 0. The van der Waals surface area contributed by atoms with Gasteiger partial charge in [-0.05, 0) is 55.4 Å². The lowest BCUT2D eigenvalue weighted by atomic mass is 9.90. The minimum absolute atomic E-state index is 0.312. The maximum Gasteiger partial charge on any atom is 0.220 e. The quantitative estimate of drug-likeness (QED) is 0.636. The molecule has 4 N–H and O–H groups in total. The smallest absolute Gasteiger partial charge is 0.220 e. The summed E-state index contributed by atoms with van der Waals surface area (Å²) in [6.07, 6.45) is 8.74. The van der Waals surface area contributed by atoms with Crippen LogP contribution in [-0.2, 0) is 18.4 Å². The number of nitrogens with one attached hydrogen (secondary N) is 1. The average molecular weight is 334 g/mol. The number of aromatic nitrogens is 3. The van der Waals surface area contributed by atoms with E-state index in [1.165, 1.54) is 5.69 Å². The van der Waals surface area contributed by atoms with Crippen LogP contribution in [0, 0.1) is 0 Å². The third-order valence-corrected chi connectivity index (χ3v) is 5.84. The molecule has 0 radical (unpaired) electrons. The average Bonchev–Trinajstić information content (AvgIpc) is 3.15. The highest BCUT2D eigenvalue weighted by molar-refractivity contribution is 5.98. The zero-order valence-electron chi connectivity index (χ0n) is 14.2. The van der Waals surface area contributed by atoms with Crippen LogP contribution in [0.1, 0.15) is 48.9 Å². The van der Waals surface area contributed by atoms with Crippen molar-refractivity contribution >= 4 is 16.9 Å². The van der Waals surface area contributed by atoms with Gasteiger partial charge in [0.25, 0.3) is 0 Å². The first kappa shape index (κ1) is 14.9. The number of fused-ring (bicyclic) bond motifs is 5. The second-order valence-corrected chi connectivity index (χ2v) is 7.43. The molecule has 5 heteroatoms. The maximum atomic E-state index is 11.0. The summed E-state index contributed by atoms with van der Waals surface area (Å²) in [4.78, 5) is 12.3. The van der Waals surface area contributed by atoms with Crippen molar-refractivity contribution in [3.05, 3.63) is 41.2 Å². The van der Waals surface area contributed by atoms with Crippen molar-refractivity contribution in [2.75, 3.05) is 5.73 Å². The van der Waals surface area contributed by atoms with Crippen LogP contribution in [0.2, 0.25) is 0 Å². The number of nitrogens with two attached hydrogens (primary N) is 1. The van der Waals surface area contributed by atoms with Crippen LogP contribution < -0.4 is 5.73 Å². The van der Waals surface area contributed by atoms with E-state index in [0.29, 0.717) is 5.95 Å². The number of aryl methyl sites for hydroxylation is 2. The molecule has 25 heavy (non-hydrogen) atoms. The van der Waals surface area contributed by atoms with Crippen LogP contribution in [0.4, 0.5) is 5.95 Å². The molecule has 2 aliphatic carbocycles. The van der Waals surface area contributed by atoms with E-state index in [9.17, 15) is 5.11 Å². The standard InChI is InChI=1S/C20H22N4O/c21-19-22-11-12-4-3-5-16-17(18(12)24-19)14-10-13(6-7-15(14)23-16)20(25)8-1-2-9-20/h6-7,10-11,23,25H,1-5,8-9H2,(H2,21,22,24). The fourth-order valence-corrected chi connectivity index (χ4v) is 4.52.